The Morgan fingerprint density at radius 3 is 2.57 bits per heavy atom. The summed E-state index contributed by atoms with van der Waals surface area (Å²) in [6, 6.07) is 7.97. The van der Waals surface area contributed by atoms with Crippen LogP contribution in [0.2, 0.25) is 0 Å². The zero-order valence-electron chi connectivity index (χ0n) is 14.0. The Kier molecular flexibility index (Phi) is 5.85. The van der Waals surface area contributed by atoms with Crippen molar-refractivity contribution in [3.8, 4) is 0 Å². The fourth-order valence-electron chi connectivity index (χ4n) is 2.43. The van der Waals surface area contributed by atoms with Crippen molar-refractivity contribution in [2.75, 3.05) is 32.1 Å². The maximum Gasteiger partial charge on any atom is 0.167 e. The molecule has 1 aromatic carbocycles. The molecule has 5 nitrogen and oxygen atoms in total. The standard InChI is InChI=1S/C17H23N3O2S/c1-12-17(13(2)22)23-16(20(12)9-10-21)11-18-14-5-7-15(8-6-14)19(3)4/h5-8,11,16,21H,9-10H2,1-4H3. The van der Waals surface area contributed by atoms with E-state index < -0.39 is 0 Å². The van der Waals surface area contributed by atoms with Crippen LogP contribution in [0.5, 0.6) is 0 Å². The predicted molar refractivity (Wildman–Crippen MR) is 97.5 cm³/mol. The summed E-state index contributed by atoms with van der Waals surface area (Å²) in [5.74, 6) is 0.0571. The normalized spacial score (nSPS) is 18.1. The number of aliphatic imine (C=N–C) groups is 1. The third-order valence-electron chi connectivity index (χ3n) is 3.68. The highest BCUT2D eigenvalue weighted by molar-refractivity contribution is 8.05. The highest BCUT2D eigenvalue weighted by Crippen LogP contribution is 2.37. The number of Topliss-reactive ketones (excluding diaryl/α,β-unsaturated/α-hetero) is 1. The van der Waals surface area contributed by atoms with Crippen LogP contribution in [0.25, 0.3) is 0 Å². The maximum absolute atomic E-state index is 11.7. The Labute approximate surface area is 141 Å². The number of nitrogens with zero attached hydrogens (tertiary/aromatic N) is 3. The van der Waals surface area contributed by atoms with E-state index in [-0.39, 0.29) is 17.8 Å². The minimum Gasteiger partial charge on any atom is -0.395 e. The lowest BCUT2D eigenvalue weighted by Crippen LogP contribution is -2.31. The molecule has 1 heterocycles. The third-order valence-corrected chi connectivity index (χ3v) is 5.12. The zero-order valence-corrected chi connectivity index (χ0v) is 14.8. The molecule has 0 amide bonds. The van der Waals surface area contributed by atoms with E-state index in [1.807, 2.05) is 61.3 Å². The lowest BCUT2D eigenvalue weighted by Gasteiger charge is -2.23. The van der Waals surface area contributed by atoms with Gasteiger partial charge in [0.2, 0.25) is 0 Å². The quantitative estimate of drug-likeness (QED) is 0.811. The number of carbonyl (C=O) groups is 1. The first-order valence-corrected chi connectivity index (χ1v) is 8.39. The molecule has 1 atom stereocenters. The van der Waals surface area contributed by atoms with Crippen LogP contribution >= 0.6 is 11.8 Å². The molecule has 0 fully saturated rings. The summed E-state index contributed by atoms with van der Waals surface area (Å²) in [6.45, 7) is 4.03. The van der Waals surface area contributed by atoms with Crippen molar-refractivity contribution in [3.63, 3.8) is 0 Å². The Morgan fingerprint density at radius 1 is 1.39 bits per heavy atom. The number of benzene rings is 1. The van der Waals surface area contributed by atoms with Crippen LogP contribution in [0.15, 0.2) is 39.9 Å². The fraction of sp³-hybridized carbons (Fsp3) is 0.412. The lowest BCUT2D eigenvalue weighted by atomic mass is 10.2. The highest BCUT2D eigenvalue weighted by Gasteiger charge is 2.30. The van der Waals surface area contributed by atoms with Crippen LogP contribution in [0.4, 0.5) is 11.4 Å². The topological polar surface area (TPSA) is 56.1 Å². The van der Waals surface area contributed by atoms with Gasteiger partial charge in [0, 0.05) is 38.2 Å². The van der Waals surface area contributed by atoms with Gasteiger partial charge in [-0.15, -0.1) is 0 Å². The molecule has 0 aliphatic carbocycles. The molecule has 23 heavy (non-hydrogen) atoms. The largest absolute Gasteiger partial charge is 0.395 e. The highest BCUT2D eigenvalue weighted by atomic mass is 32.2. The molecule has 1 aliphatic heterocycles. The number of hydrogen-bond acceptors (Lipinski definition) is 6. The number of hydrogen-bond donors (Lipinski definition) is 1. The predicted octanol–water partition coefficient (Wildman–Crippen LogP) is 2.64. The van der Waals surface area contributed by atoms with Gasteiger partial charge in [-0.05, 0) is 38.1 Å². The molecular weight excluding hydrogens is 310 g/mol. The first kappa shape index (κ1) is 17.6. The van der Waals surface area contributed by atoms with Crippen LogP contribution in [-0.4, -0.2) is 54.6 Å². The van der Waals surface area contributed by atoms with Gasteiger partial charge in [-0.25, -0.2) is 0 Å². The zero-order chi connectivity index (χ0) is 17.0. The van der Waals surface area contributed by atoms with Crippen molar-refractivity contribution in [1.82, 2.24) is 4.90 Å². The SMILES string of the molecule is CC(=O)C1=C(C)N(CCO)C(C=Nc2ccc(N(C)C)cc2)S1. The summed E-state index contributed by atoms with van der Waals surface area (Å²) < 4.78 is 0. The number of anilines is 1. The minimum absolute atomic E-state index is 0.0466. The molecule has 1 aliphatic rings. The third kappa shape index (κ3) is 4.14. The number of thioether (sulfide) groups is 1. The van der Waals surface area contributed by atoms with E-state index in [0.717, 1.165) is 22.0 Å². The van der Waals surface area contributed by atoms with Gasteiger partial charge in [0.1, 0.15) is 5.37 Å². The summed E-state index contributed by atoms with van der Waals surface area (Å²) >= 11 is 1.49. The molecule has 1 unspecified atom stereocenters. The molecule has 0 aromatic heterocycles. The molecule has 0 saturated heterocycles. The smallest absolute Gasteiger partial charge is 0.167 e. The van der Waals surface area contributed by atoms with Crippen LogP contribution in [-0.2, 0) is 4.79 Å². The molecular formula is C17H23N3O2S. The van der Waals surface area contributed by atoms with Gasteiger partial charge < -0.3 is 14.9 Å². The van der Waals surface area contributed by atoms with Crippen molar-refractivity contribution in [1.29, 1.82) is 0 Å². The van der Waals surface area contributed by atoms with E-state index in [9.17, 15) is 9.90 Å². The molecule has 1 aromatic rings. The van der Waals surface area contributed by atoms with Crippen molar-refractivity contribution in [2.45, 2.75) is 19.2 Å². The summed E-state index contributed by atoms with van der Waals surface area (Å²) in [5, 5.41) is 9.19. The van der Waals surface area contributed by atoms with Gasteiger partial charge in [-0.2, -0.15) is 0 Å². The van der Waals surface area contributed by atoms with Gasteiger partial charge in [-0.1, -0.05) is 11.8 Å². The van der Waals surface area contributed by atoms with Gasteiger partial charge in [-0.3, -0.25) is 9.79 Å². The molecule has 124 valence electrons. The fourth-order valence-corrected chi connectivity index (χ4v) is 3.64. The first-order chi connectivity index (χ1) is 10.9. The second-order valence-electron chi connectivity index (χ2n) is 5.59. The number of allylic oxidation sites excluding steroid dienone is 2. The molecule has 0 bridgehead atoms. The van der Waals surface area contributed by atoms with Gasteiger partial charge in [0.15, 0.2) is 5.78 Å². The Morgan fingerprint density at radius 2 is 2.04 bits per heavy atom. The number of aliphatic hydroxyl groups is 1. The van der Waals surface area contributed by atoms with Crippen LogP contribution in [0, 0.1) is 0 Å². The van der Waals surface area contributed by atoms with E-state index in [2.05, 4.69) is 4.99 Å². The van der Waals surface area contributed by atoms with Crippen LogP contribution < -0.4 is 4.90 Å². The first-order valence-electron chi connectivity index (χ1n) is 7.51. The Bertz CT molecular complexity index is 623. The second kappa shape index (κ2) is 7.66. The second-order valence-corrected chi connectivity index (χ2v) is 6.71. The minimum atomic E-state index is -0.0606. The van der Waals surface area contributed by atoms with Crippen molar-refractivity contribution in [3.05, 3.63) is 34.9 Å². The van der Waals surface area contributed by atoms with E-state index in [1.165, 1.54) is 11.8 Å². The van der Waals surface area contributed by atoms with Gasteiger partial charge in [0.25, 0.3) is 0 Å². The monoisotopic (exact) mass is 333 g/mol. The van der Waals surface area contributed by atoms with Crippen molar-refractivity contribution < 1.29 is 9.90 Å². The van der Waals surface area contributed by atoms with Gasteiger partial charge in [0.05, 0.1) is 17.2 Å². The number of aliphatic hydroxyl groups excluding tert-OH is 1. The average molecular weight is 333 g/mol. The van der Waals surface area contributed by atoms with Crippen LogP contribution in [0.1, 0.15) is 13.8 Å². The molecule has 0 saturated carbocycles. The van der Waals surface area contributed by atoms with Gasteiger partial charge >= 0.3 is 0 Å². The summed E-state index contributed by atoms with van der Waals surface area (Å²) in [4.78, 5) is 21.0. The summed E-state index contributed by atoms with van der Waals surface area (Å²) in [6.07, 6.45) is 1.84. The molecule has 6 heteroatoms. The van der Waals surface area contributed by atoms with E-state index >= 15 is 0 Å². The number of ketones is 1. The van der Waals surface area contributed by atoms with E-state index in [4.69, 9.17) is 0 Å². The Balaban J connectivity index is 2.13. The lowest BCUT2D eigenvalue weighted by molar-refractivity contribution is -0.113. The summed E-state index contributed by atoms with van der Waals surface area (Å²) in [7, 11) is 4.00. The number of rotatable bonds is 6. The Hall–Kier alpha value is -1.79. The van der Waals surface area contributed by atoms with Crippen molar-refractivity contribution in [2.24, 2.45) is 4.99 Å². The van der Waals surface area contributed by atoms with E-state index in [0.29, 0.717) is 6.54 Å². The molecule has 1 N–H and O–H groups in total. The molecule has 0 spiro atoms. The van der Waals surface area contributed by atoms with E-state index in [1.54, 1.807) is 6.92 Å². The van der Waals surface area contributed by atoms with Crippen molar-refractivity contribution >= 4 is 35.1 Å². The molecule has 2 rings (SSSR count). The average Bonchev–Trinajstić information content (AvgIpc) is 2.83. The number of β-amino-alcohol motifs (C(OH)–C–C–N with tert-alkyl or cyclic N) is 1. The van der Waals surface area contributed by atoms with Crippen LogP contribution in [0.3, 0.4) is 0 Å². The molecule has 0 radical (unpaired) electrons. The summed E-state index contributed by atoms with van der Waals surface area (Å²) in [5.41, 5.74) is 2.91. The number of carbonyl (C=O) groups excluding carboxylic acids is 1. The maximum atomic E-state index is 11.7.